The molecule has 1 aliphatic heterocycles. The molecule has 2 unspecified atom stereocenters. The molecule has 2 aliphatic rings. The summed E-state index contributed by atoms with van der Waals surface area (Å²) in [5.74, 6) is 0. The molecule has 2 atom stereocenters. The molecule has 3 nitrogen and oxygen atoms in total. The summed E-state index contributed by atoms with van der Waals surface area (Å²) in [6, 6.07) is 2.02. The van der Waals surface area contributed by atoms with Gasteiger partial charge in [0.2, 0.25) is 0 Å². The Hall–Kier alpha value is 0.271. The summed E-state index contributed by atoms with van der Waals surface area (Å²) < 4.78 is 19.2. The molecule has 0 aromatic heterocycles. The van der Waals surface area contributed by atoms with Gasteiger partial charge in [-0.2, -0.15) is 0 Å². The first-order valence-electron chi connectivity index (χ1n) is 6.65. The van der Waals surface area contributed by atoms with E-state index in [0.717, 1.165) is 12.1 Å². The first-order valence-corrected chi connectivity index (χ1v) is 13.7. The summed E-state index contributed by atoms with van der Waals surface area (Å²) >= 11 is 0. The standard InChI is InChI=1S/C11H24O3Si3/c1-6-15(4)12-16(5,7-2)14-17(8-3,13-15)11-9-10-11/h8,11H,3,6-7,9-10H2,1-2,4-5H3. The number of hydrogen-bond donors (Lipinski definition) is 0. The van der Waals surface area contributed by atoms with Gasteiger partial charge in [-0.15, -0.1) is 6.58 Å². The van der Waals surface area contributed by atoms with Crippen LogP contribution in [-0.4, -0.2) is 25.7 Å². The molecule has 1 heterocycles. The van der Waals surface area contributed by atoms with Gasteiger partial charge in [-0.25, -0.2) is 0 Å². The highest BCUT2D eigenvalue weighted by Crippen LogP contribution is 2.51. The lowest BCUT2D eigenvalue weighted by Gasteiger charge is -2.50. The Kier molecular flexibility index (Phi) is 3.57. The second-order valence-corrected chi connectivity index (χ2v) is 16.5. The fourth-order valence-electron chi connectivity index (χ4n) is 2.39. The lowest BCUT2D eigenvalue weighted by molar-refractivity contribution is 0.226. The Morgan fingerprint density at radius 2 is 1.53 bits per heavy atom. The fraction of sp³-hybridized carbons (Fsp3) is 0.818. The molecule has 98 valence electrons. The van der Waals surface area contributed by atoms with Gasteiger partial charge in [0.1, 0.15) is 0 Å². The van der Waals surface area contributed by atoms with E-state index in [-0.39, 0.29) is 0 Å². The van der Waals surface area contributed by atoms with Gasteiger partial charge in [-0.05, 0) is 38.0 Å². The molecule has 1 saturated heterocycles. The van der Waals surface area contributed by atoms with Crippen molar-refractivity contribution >= 4 is 25.7 Å². The molecule has 0 bridgehead atoms. The quantitative estimate of drug-likeness (QED) is 0.740. The highest BCUT2D eigenvalue weighted by atomic mass is 28.5. The summed E-state index contributed by atoms with van der Waals surface area (Å²) in [6.07, 6.45) is 2.50. The zero-order chi connectivity index (χ0) is 12.7. The molecule has 0 aromatic rings. The van der Waals surface area contributed by atoms with E-state index >= 15 is 0 Å². The van der Waals surface area contributed by atoms with E-state index in [1.54, 1.807) is 0 Å². The summed E-state index contributed by atoms with van der Waals surface area (Å²) in [7, 11) is -6.21. The van der Waals surface area contributed by atoms with E-state index in [2.05, 4.69) is 33.5 Å². The van der Waals surface area contributed by atoms with E-state index in [1.165, 1.54) is 12.8 Å². The Labute approximate surface area is 108 Å². The van der Waals surface area contributed by atoms with Gasteiger partial charge in [0, 0.05) is 5.54 Å². The minimum atomic E-state index is -2.17. The van der Waals surface area contributed by atoms with E-state index < -0.39 is 25.7 Å². The molecule has 1 aliphatic carbocycles. The monoisotopic (exact) mass is 288 g/mol. The summed E-state index contributed by atoms with van der Waals surface area (Å²) in [4.78, 5) is 0. The zero-order valence-electron chi connectivity index (χ0n) is 11.4. The highest BCUT2D eigenvalue weighted by Gasteiger charge is 2.61. The van der Waals surface area contributed by atoms with Crippen LogP contribution in [0.5, 0.6) is 0 Å². The van der Waals surface area contributed by atoms with E-state index in [0.29, 0.717) is 5.54 Å². The number of hydrogen-bond acceptors (Lipinski definition) is 3. The van der Waals surface area contributed by atoms with Crippen LogP contribution in [0.15, 0.2) is 12.3 Å². The van der Waals surface area contributed by atoms with Crippen LogP contribution >= 0.6 is 0 Å². The zero-order valence-corrected chi connectivity index (χ0v) is 14.4. The van der Waals surface area contributed by atoms with Crippen molar-refractivity contribution in [2.45, 2.75) is 57.4 Å². The third-order valence-corrected chi connectivity index (χ3v) is 18.2. The fourth-order valence-corrected chi connectivity index (χ4v) is 18.7. The highest BCUT2D eigenvalue weighted by molar-refractivity contribution is 6.96. The van der Waals surface area contributed by atoms with Crippen LogP contribution in [0.2, 0.25) is 30.7 Å². The molecule has 2 rings (SSSR count). The van der Waals surface area contributed by atoms with Crippen molar-refractivity contribution in [2.24, 2.45) is 0 Å². The van der Waals surface area contributed by atoms with Gasteiger partial charge in [-0.3, -0.25) is 0 Å². The topological polar surface area (TPSA) is 27.7 Å². The number of rotatable bonds is 4. The summed E-state index contributed by atoms with van der Waals surface area (Å²) in [5.41, 5.74) is 2.66. The maximum Gasteiger partial charge on any atom is 0.350 e. The van der Waals surface area contributed by atoms with Crippen LogP contribution in [0.4, 0.5) is 0 Å². The van der Waals surface area contributed by atoms with Crippen molar-refractivity contribution in [1.29, 1.82) is 0 Å². The molecule has 0 amide bonds. The lowest BCUT2D eigenvalue weighted by atomic mass is 11.0. The minimum absolute atomic E-state index is 0.639. The smallest absolute Gasteiger partial charge is 0.350 e. The molecule has 6 heteroatoms. The van der Waals surface area contributed by atoms with Gasteiger partial charge < -0.3 is 12.3 Å². The average molecular weight is 289 g/mol. The second-order valence-electron chi connectivity index (χ2n) is 5.48. The maximum atomic E-state index is 6.43. The molecule has 0 N–H and O–H groups in total. The van der Waals surface area contributed by atoms with Crippen LogP contribution < -0.4 is 0 Å². The average Bonchev–Trinajstić information content (AvgIpc) is 3.12. The second kappa shape index (κ2) is 4.43. The van der Waals surface area contributed by atoms with E-state index in [9.17, 15) is 0 Å². The predicted octanol–water partition coefficient (Wildman–Crippen LogP) is 3.57. The van der Waals surface area contributed by atoms with Gasteiger partial charge in [0.15, 0.2) is 0 Å². The molecule has 1 saturated carbocycles. The maximum absolute atomic E-state index is 6.43. The van der Waals surface area contributed by atoms with E-state index in [4.69, 9.17) is 12.3 Å². The first kappa shape index (κ1) is 13.7. The van der Waals surface area contributed by atoms with Crippen molar-refractivity contribution in [2.75, 3.05) is 0 Å². The van der Waals surface area contributed by atoms with Gasteiger partial charge in [0.05, 0.1) is 0 Å². The molecule has 0 aromatic carbocycles. The molecule has 0 spiro atoms. The van der Waals surface area contributed by atoms with Crippen molar-refractivity contribution in [1.82, 2.24) is 0 Å². The van der Waals surface area contributed by atoms with E-state index in [1.807, 2.05) is 5.70 Å². The van der Waals surface area contributed by atoms with Crippen LogP contribution in [0.3, 0.4) is 0 Å². The van der Waals surface area contributed by atoms with Crippen molar-refractivity contribution in [3.05, 3.63) is 12.3 Å². The SMILES string of the molecule is C=C[Si]1(C2CC2)O[Si](C)(CC)O[Si](C)(CC)O1. The molecular formula is C11H24O3Si3. The third kappa shape index (κ3) is 2.52. The largest absolute Gasteiger partial charge is 0.416 e. The Morgan fingerprint density at radius 1 is 1.06 bits per heavy atom. The normalized spacial score (nSPS) is 46.8. The van der Waals surface area contributed by atoms with Crippen LogP contribution in [0.1, 0.15) is 26.7 Å². The lowest BCUT2D eigenvalue weighted by Crippen LogP contribution is -2.67. The predicted molar refractivity (Wildman–Crippen MR) is 76.4 cm³/mol. The third-order valence-electron chi connectivity index (χ3n) is 3.90. The Balaban J connectivity index is 2.31. The van der Waals surface area contributed by atoms with Crippen LogP contribution in [-0.2, 0) is 12.3 Å². The van der Waals surface area contributed by atoms with Gasteiger partial charge in [-0.1, -0.05) is 19.5 Å². The molecule has 0 radical (unpaired) electrons. The van der Waals surface area contributed by atoms with Crippen LogP contribution in [0.25, 0.3) is 0 Å². The van der Waals surface area contributed by atoms with Gasteiger partial charge in [0.25, 0.3) is 0 Å². The molecular weight excluding hydrogens is 264 g/mol. The van der Waals surface area contributed by atoms with Crippen molar-refractivity contribution in [3.8, 4) is 0 Å². The van der Waals surface area contributed by atoms with Crippen molar-refractivity contribution in [3.63, 3.8) is 0 Å². The minimum Gasteiger partial charge on any atom is -0.416 e. The van der Waals surface area contributed by atoms with Crippen molar-refractivity contribution < 1.29 is 12.3 Å². The van der Waals surface area contributed by atoms with Gasteiger partial charge >= 0.3 is 25.7 Å². The Morgan fingerprint density at radius 3 is 1.82 bits per heavy atom. The summed E-state index contributed by atoms with van der Waals surface area (Å²) in [6.45, 7) is 12.8. The molecule has 17 heavy (non-hydrogen) atoms. The van der Waals surface area contributed by atoms with Crippen LogP contribution in [0, 0.1) is 0 Å². The first-order chi connectivity index (χ1) is 7.91. The summed E-state index contributed by atoms with van der Waals surface area (Å²) in [5, 5.41) is 0. The Bertz CT molecular complexity index is 303. The molecule has 2 fully saturated rings.